The lowest BCUT2D eigenvalue weighted by Gasteiger charge is -2.28. The molecule has 1 saturated carbocycles. The Kier molecular flexibility index (Phi) is 5.46. The van der Waals surface area contributed by atoms with Crippen LogP contribution in [0.3, 0.4) is 0 Å². The Hall–Kier alpha value is -2.95. The summed E-state index contributed by atoms with van der Waals surface area (Å²) in [5, 5.41) is 0. The Bertz CT molecular complexity index is 959. The zero-order valence-corrected chi connectivity index (χ0v) is 17.8. The first-order chi connectivity index (χ1) is 14.3. The molecule has 0 radical (unpaired) electrons. The average Bonchev–Trinajstić information content (AvgIpc) is 3.53. The first-order valence-electron chi connectivity index (χ1n) is 10.7. The van der Waals surface area contributed by atoms with Gasteiger partial charge < -0.3 is 4.90 Å². The SMILES string of the molecule is Cc1ccc(CN(C(=O)C2CC2)C2CC(=O)N(c3ccc(C(C)C)cc3)C2=O)cc1. The standard InChI is InChI=1S/C25H28N2O3/c1-16(2)19-10-12-21(13-11-19)27-23(28)14-22(25(27)30)26(24(29)20-8-9-20)15-18-6-4-17(3)5-7-18/h4-7,10-13,16,20,22H,8-9,14-15H2,1-3H3. The van der Waals surface area contributed by atoms with Crippen LogP contribution in [-0.2, 0) is 20.9 Å². The highest BCUT2D eigenvalue weighted by Gasteiger charge is 2.46. The molecule has 1 heterocycles. The van der Waals surface area contributed by atoms with Crippen LogP contribution in [0.5, 0.6) is 0 Å². The minimum atomic E-state index is -0.739. The molecule has 0 N–H and O–H groups in total. The van der Waals surface area contributed by atoms with Crippen molar-refractivity contribution < 1.29 is 14.4 Å². The van der Waals surface area contributed by atoms with E-state index < -0.39 is 6.04 Å². The molecular weight excluding hydrogens is 376 g/mol. The van der Waals surface area contributed by atoms with Crippen molar-refractivity contribution in [1.82, 2.24) is 4.90 Å². The van der Waals surface area contributed by atoms with Crippen LogP contribution in [0, 0.1) is 12.8 Å². The van der Waals surface area contributed by atoms with Crippen molar-refractivity contribution >= 4 is 23.4 Å². The molecule has 2 fully saturated rings. The van der Waals surface area contributed by atoms with E-state index in [2.05, 4.69) is 13.8 Å². The van der Waals surface area contributed by atoms with Gasteiger partial charge in [0.1, 0.15) is 6.04 Å². The van der Waals surface area contributed by atoms with Gasteiger partial charge in [0, 0.05) is 12.5 Å². The fourth-order valence-corrected chi connectivity index (χ4v) is 3.94. The molecule has 1 atom stereocenters. The summed E-state index contributed by atoms with van der Waals surface area (Å²) in [6, 6.07) is 14.8. The Morgan fingerprint density at radius 2 is 1.67 bits per heavy atom. The van der Waals surface area contributed by atoms with Gasteiger partial charge in [-0.1, -0.05) is 55.8 Å². The number of aryl methyl sites for hydroxylation is 1. The highest BCUT2D eigenvalue weighted by molar-refractivity contribution is 6.23. The van der Waals surface area contributed by atoms with Gasteiger partial charge in [0.25, 0.3) is 5.91 Å². The molecule has 0 aromatic heterocycles. The second-order valence-electron chi connectivity index (χ2n) is 8.76. The molecule has 1 aliphatic carbocycles. The molecule has 4 rings (SSSR count). The monoisotopic (exact) mass is 404 g/mol. The number of hydrogen-bond acceptors (Lipinski definition) is 3. The second kappa shape index (κ2) is 8.05. The van der Waals surface area contributed by atoms with Crippen LogP contribution < -0.4 is 4.90 Å². The highest BCUT2D eigenvalue weighted by atomic mass is 16.2. The maximum atomic E-state index is 13.3. The van der Waals surface area contributed by atoms with Crippen molar-refractivity contribution in [1.29, 1.82) is 0 Å². The van der Waals surface area contributed by atoms with Crippen molar-refractivity contribution in [3.05, 3.63) is 65.2 Å². The molecule has 2 aromatic rings. The van der Waals surface area contributed by atoms with E-state index in [1.54, 1.807) is 4.90 Å². The maximum absolute atomic E-state index is 13.3. The van der Waals surface area contributed by atoms with E-state index in [1.807, 2.05) is 55.5 Å². The average molecular weight is 405 g/mol. The van der Waals surface area contributed by atoms with Gasteiger partial charge in [-0.3, -0.25) is 14.4 Å². The lowest BCUT2D eigenvalue weighted by molar-refractivity contribution is -0.140. The third-order valence-corrected chi connectivity index (χ3v) is 6.00. The van der Waals surface area contributed by atoms with E-state index in [-0.39, 0.29) is 30.1 Å². The lowest BCUT2D eigenvalue weighted by atomic mass is 10.0. The Balaban J connectivity index is 1.59. The molecule has 5 heteroatoms. The van der Waals surface area contributed by atoms with Crippen LogP contribution in [0.2, 0.25) is 0 Å². The van der Waals surface area contributed by atoms with E-state index in [9.17, 15) is 14.4 Å². The summed E-state index contributed by atoms with van der Waals surface area (Å²) in [5.74, 6) is -0.215. The Morgan fingerprint density at radius 1 is 1.03 bits per heavy atom. The van der Waals surface area contributed by atoms with Gasteiger partial charge in [0.15, 0.2) is 0 Å². The van der Waals surface area contributed by atoms with Gasteiger partial charge in [-0.15, -0.1) is 0 Å². The summed E-state index contributed by atoms with van der Waals surface area (Å²) in [6.45, 7) is 6.56. The summed E-state index contributed by atoms with van der Waals surface area (Å²) < 4.78 is 0. The molecule has 3 amide bonds. The summed E-state index contributed by atoms with van der Waals surface area (Å²) in [4.78, 5) is 42.0. The normalized spacial score (nSPS) is 18.9. The smallest absolute Gasteiger partial charge is 0.257 e. The van der Waals surface area contributed by atoms with Gasteiger partial charge >= 0.3 is 0 Å². The first-order valence-corrected chi connectivity index (χ1v) is 10.7. The minimum Gasteiger partial charge on any atom is -0.326 e. The number of amides is 3. The second-order valence-corrected chi connectivity index (χ2v) is 8.76. The third kappa shape index (κ3) is 4.02. The zero-order valence-electron chi connectivity index (χ0n) is 17.8. The van der Waals surface area contributed by atoms with Gasteiger partial charge in [-0.25, -0.2) is 4.90 Å². The molecule has 5 nitrogen and oxygen atoms in total. The van der Waals surface area contributed by atoms with Crippen molar-refractivity contribution in [2.24, 2.45) is 5.92 Å². The fraction of sp³-hybridized carbons (Fsp3) is 0.400. The molecular formula is C25H28N2O3. The van der Waals surface area contributed by atoms with Gasteiger partial charge in [0.2, 0.25) is 11.8 Å². The van der Waals surface area contributed by atoms with Crippen molar-refractivity contribution in [2.45, 2.75) is 58.5 Å². The van der Waals surface area contributed by atoms with Crippen LogP contribution in [0.4, 0.5) is 5.69 Å². The number of hydrogen-bond donors (Lipinski definition) is 0. The Morgan fingerprint density at radius 3 is 2.23 bits per heavy atom. The molecule has 1 unspecified atom stereocenters. The molecule has 0 bridgehead atoms. The number of nitrogens with zero attached hydrogens (tertiary/aromatic N) is 2. The fourth-order valence-electron chi connectivity index (χ4n) is 3.94. The van der Waals surface area contributed by atoms with E-state index in [4.69, 9.17) is 0 Å². The number of anilines is 1. The van der Waals surface area contributed by atoms with Crippen LogP contribution >= 0.6 is 0 Å². The predicted octanol–water partition coefficient (Wildman–Crippen LogP) is 4.19. The lowest BCUT2D eigenvalue weighted by Crippen LogP contribution is -2.45. The van der Waals surface area contributed by atoms with Crippen molar-refractivity contribution in [3.8, 4) is 0 Å². The van der Waals surface area contributed by atoms with Gasteiger partial charge in [-0.2, -0.15) is 0 Å². The van der Waals surface area contributed by atoms with E-state index in [0.717, 1.165) is 29.5 Å². The van der Waals surface area contributed by atoms with Gasteiger partial charge in [0.05, 0.1) is 12.1 Å². The molecule has 1 aliphatic heterocycles. The quantitative estimate of drug-likeness (QED) is 0.679. The largest absolute Gasteiger partial charge is 0.326 e. The highest BCUT2D eigenvalue weighted by Crippen LogP contribution is 2.35. The number of benzene rings is 2. The number of carbonyl (C=O) groups is 3. The van der Waals surface area contributed by atoms with Crippen molar-refractivity contribution in [3.63, 3.8) is 0 Å². The van der Waals surface area contributed by atoms with E-state index in [0.29, 0.717) is 18.2 Å². The molecule has 1 saturated heterocycles. The summed E-state index contributed by atoms with van der Waals surface area (Å²) in [5.41, 5.74) is 3.84. The van der Waals surface area contributed by atoms with Crippen LogP contribution in [-0.4, -0.2) is 28.7 Å². The minimum absolute atomic E-state index is 0.0151. The molecule has 30 heavy (non-hydrogen) atoms. The Labute approximate surface area is 177 Å². The predicted molar refractivity (Wildman–Crippen MR) is 116 cm³/mol. The number of carbonyl (C=O) groups excluding carboxylic acids is 3. The molecule has 2 aromatic carbocycles. The zero-order chi connectivity index (χ0) is 21.4. The molecule has 0 spiro atoms. The van der Waals surface area contributed by atoms with Crippen LogP contribution in [0.25, 0.3) is 0 Å². The summed E-state index contributed by atoms with van der Waals surface area (Å²) in [7, 11) is 0. The summed E-state index contributed by atoms with van der Waals surface area (Å²) >= 11 is 0. The first kappa shape index (κ1) is 20.3. The topological polar surface area (TPSA) is 57.7 Å². The van der Waals surface area contributed by atoms with Crippen LogP contribution in [0.15, 0.2) is 48.5 Å². The van der Waals surface area contributed by atoms with Crippen molar-refractivity contribution in [2.75, 3.05) is 4.90 Å². The van der Waals surface area contributed by atoms with Crippen LogP contribution in [0.1, 0.15) is 55.7 Å². The van der Waals surface area contributed by atoms with E-state index in [1.165, 1.54) is 4.90 Å². The molecule has 2 aliphatic rings. The third-order valence-electron chi connectivity index (χ3n) is 6.00. The summed E-state index contributed by atoms with van der Waals surface area (Å²) in [6.07, 6.45) is 1.76. The van der Waals surface area contributed by atoms with E-state index >= 15 is 0 Å². The number of imide groups is 1. The molecule has 156 valence electrons. The number of rotatable bonds is 6. The maximum Gasteiger partial charge on any atom is 0.257 e. The van der Waals surface area contributed by atoms with Gasteiger partial charge in [-0.05, 0) is 48.9 Å².